The van der Waals surface area contributed by atoms with E-state index in [4.69, 9.17) is 4.42 Å². The molecule has 0 aliphatic carbocycles. The van der Waals surface area contributed by atoms with Crippen molar-refractivity contribution in [3.63, 3.8) is 0 Å². The van der Waals surface area contributed by atoms with Crippen LogP contribution in [0.3, 0.4) is 0 Å². The van der Waals surface area contributed by atoms with E-state index in [1.807, 2.05) is 0 Å². The summed E-state index contributed by atoms with van der Waals surface area (Å²) in [6.45, 7) is 0. The van der Waals surface area contributed by atoms with Gasteiger partial charge in [-0.2, -0.15) is 0 Å². The molecule has 2 N–H and O–H groups in total. The van der Waals surface area contributed by atoms with Crippen molar-refractivity contribution in [2.45, 2.75) is 4.90 Å². The minimum absolute atomic E-state index is 0.127. The second-order valence-electron chi connectivity index (χ2n) is 5.35. The lowest BCUT2D eigenvalue weighted by Crippen LogP contribution is -2.13. The number of sulfonamides is 1. The SMILES string of the molecule is O=C(Nc1ccc(NS(=O)(=O)c2ccccc2)cc1)c1ccc([N+](=O)[O-])o1. The molecule has 138 valence electrons. The summed E-state index contributed by atoms with van der Waals surface area (Å²) < 4.78 is 31.8. The standard InChI is InChI=1S/C17H13N3O6S/c21-17(15-10-11-16(26-15)20(22)23)18-12-6-8-13(9-7-12)19-27(24,25)14-4-2-1-3-5-14/h1-11,19H,(H,18,21). The Morgan fingerprint density at radius 3 is 2.15 bits per heavy atom. The summed E-state index contributed by atoms with van der Waals surface area (Å²) in [6.07, 6.45) is 0. The largest absolute Gasteiger partial charge is 0.433 e. The predicted octanol–water partition coefficient (Wildman–Crippen LogP) is 3.24. The Balaban J connectivity index is 1.68. The normalized spacial score (nSPS) is 11.0. The molecule has 0 fully saturated rings. The summed E-state index contributed by atoms with van der Waals surface area (Å²) >= 11 is 0. The third kappa shape index (κ3) is 4.30. The molecule has 0 unspecified atom stereocenters. The molecule has 0 saturated carbocycles. The number of anilines is 2. The molecule has 27 heavy (non-hydrogen) atoms. The van der Waals surface area contributed by atoms with Gasteiger partial charge in [0, 0.05) is 11.4 Å². The summed E-state index contributed by atoms with van der Waals surface area (Å²) in [5.41, 5.74) is 0.673. The summed E-state index contributed by atoms with van der Waals surface area (Å²) in [7, 11) is -3.71. The summed E-state index contributed by atoms with van der Waals surface area (Å²) in [5, 5.41) is 13.1. The molecule has 1 aromatic heterocycles. The van der Waals surface area contributed by atoms with E-state index in [1.54, 1.807) is 18.2 Å². The van der Waals surface area contributed by atoms with Crippen LogP contribution in [0.4, 0.5) is 17.3 Å². The van der Waals surface area contributed by atoms with E-state index >= 15 is 0 Å². The molecule has 0 atom stereocenters. The molecule has 0 bridgehead atoms. The van der Waals surface area contributed by atoms with E-state index in [0.29, 0.717) is 11.4 Å². The number of rotatable bonds is 6. The molecule has 10 heteroatoms. The van der Waals surface area contributed by atoms with Crippen LogP contribution in [0.1, 0.15) is 10.6 Å². The zero-order chi connectivity index (χ0) is 19.4. The smallest absolute Gasteiger partial charge is 0.395 e. The highest BCUT2D eigenvalue weighted by Crippen LogP contribution is 2.20. The fraction of sp³-hybridized carbons (Fsp3) is 0. The molecule has 0 aliphatic heterocycles. The Morgan fingerprint density at radius 2 is 1.56 bits per heavy atom. The number of amides is 1. The van der Waals surface area contributed by atoms with Gasteiger partial charge in [-0.3, -0.25) is 19.6 Å². The number of nitrogens with one attached hydrogen (secondary N) is 2. The topological polar surface area (TPSA) is 132 Å². The van der Waals surface area contributed by atoms with Crippen molar-refractivity contribution in [3.05, 3.63) is 82.6 Å². The number of benzene rings is 2. The van der Waals surface area contributed by atoms with Gasteiger partial charge in [0.25, 0.3) is 15.9 Å². The molecule has 2 aromatic carbocycles. The van der Waals surface area contributed by atoms with Crippen molar-refractivity contribution >= 4 is 33.2 Å². The van der Waals surface area contributed by atoms with E-state index in [0.717, 1.165) is 6.07 Å². The average molecular weight is 387 g/mol. The van der Waals surface area contributed by atoms with Crippen LogP contribution < -0.4 is 10.0 Å². The average Bonchev–Trinajstić information content (AvgIpc) is 3.15. The van der Waals surface area contributed by atoms with Gasteiger partial charge in [0.05, 0.1) is 11.0 Å². The number of nitrogens with zero attached hydrogens (tertiary/aromatic N) is 1. The van der Waals surface area contributed by atoms with Gasteiger partial charge >= 0.3 is 5.88 Å². The van der Waals surface area contributed by atoms with Crippen molar-refractivity contribution < 1.29 is 22.6 Å². The van der Waals surface area contributed by atoms with Crippen LogP contribution in [0, 0.1) is 10.1 Å². The minimum atomic E-state index is -3.71. The lowest BCUT2D eigenvalue weighted by Gasteiger charge is -2.09. The Morgan fingerprint density at radius 1 is 0.926 bits per heavy atom. The van der Waals surface area contributed by atoms with E-state index in [9.17, 15) is 23.3 Å². The molecule has 0 radical (unpaired) electrons. The third-order valence-electron chi connectivity index (χ3n) is 3.44. The quantitative estimate of drug-likeness (QED) is 0.493. The maximum absolute atomic E-state index is 12.3. The van der Waals surface area contributed by atoms with Crippen molar-refractivity contribution in [2.24, 2.45) is 0 Å². The van der Waals surface area contributed by atoms with Gasteiger partial charge < -0.3 is 9.73 Å². The number of hydrogen-bond donors (Lipinski definition) is 2. The van der Waals surface area contributed by atoms with Crippen LogP contribution in [0.25, 0.3) is 0 Å². The Hall–Kier alpha value is -3.66. The molecule has 0 saturated heterocycles. The molecule has 0 aliphatic rings. The monoisotopic (exact) mass is 387 g/mol. The lowest BCUT2D eigenvalue weighted by molar-refractivity contribution is -0.402. The van der Waals surface area contributed by atoms with Gasteiger partial charge in [0.1, 0.15) is 4.92 Å². The van der Waals surface area contributed by atoms with E-state index in [-0.39, 0.29) is 10.7 Å². The summed E-state index contributed by atoms with van der Waals surface area (Å²) in [4.78, 5) is 22.0. The summed E-state index contributed by atoms with van der Waals surface area (Å²) in [6, 6.07) is 16.1. The van der Waals surface area contributed by atoms with Gasteiger partial charge in [0.2, 0.25) is 0 Å². The second-order valence-corrected chi connectivity index (χ2v) is 7.03. The van der Waals surface area contributed by atoms with Gasteiger partial charge in [-0.15, -0.1) is 0 Å². The molecule has 1 heterocycles. The zero-order valence-corrected chi connectivity index (χ0v) is 14.5. The van der Waals surface area contributed by atoms with Crippen LogP contribution >= 0.6 is 0 Å². The first kappa shape index (κ1) is 18.1. The molecule has 9 nitrogen and oxygen atoms in total. The third-order valence-corrected chi connectivity index (χ3v) is 4.84. The first-order chi connectivity index (χ1) is 12.8. The maximum atomic E-state index is 12.3. The first-order valence-corrected chi connectivity index (χ1v) is 9.07. The van der Waals surface area contributed by atoms with Gasteiger partial charge in [-0.1, -0.05) is 18.2 Å². The maximum Gasteiger partial charge on any atom is 0.433 e. The van der Waals surface area contributed by atoms with E-state index in [1.165, 1.54) is 42.5 Å². The highest BCUT2D eigenvalue weighted by molar-refractivity contribution is 7.92. The van der Waals surface area contributed by atoms with Crippen molar-refractivity contribution in [1.82, 2.24) is 0 Å². The van der Waals surface area contributed by atoms with E-state index in [2.05, 4.69) is 10.0 Å². The Bertz CT molecular complexity index is 1080. The van der Waals surface area contributed by atoms with Crippen LogP contribution in [-0.4, -0.2) is 19.2 Å². The van der Waals surface area contributed by atoms with Crippen LogP contribution in [0.15, 0.2) is 76.0 Å². The second kappa shape index (κ2) is 7.30. The molecule has 1 amide bonds. The Kier molecular flexibility index (Phi) is 4.90. The van der Waals surface area contributed by atoms with Gasteiger partial charge in [0.15, 0.2) is 5.76 Å². The number of furan rings is 1. The zero-order valence-electron chi connectivity index (χ0n) is 13.7. The van der Waals surface area contributed by atoms with Gasteiger partial charge in [-0.25, -0.2) is 8.42 Å². The van der Waals surface area contributed by atoms with Crippen molar-refractivity contribution in [1.29, 1.82) is 0 Å². The highest BCUT2D eigenvalue weighted by Gasteiger charge is 2.17. The fourth-order valence-corrected chi connectivity index (χ4v) is 3.26. The van der Waals surface area contributed by atoms with Crippen molar-refractivity contribution in [2.75, 3.05) is 10.0 Å². The highest BCUT2D eigenvalue weighted by atomic mass is 32.2. The lowest BCUT2D eigenvalue weighted by atomic mass is 10.3. The number of nitro groups is 1. The fourth-order valence-electron chi connectivity index (χ4n) is 2.18. The minimum Gasteiger partial charge on any atom is -0.395 e. The molecular weight excluding hydrogens is 374 g/mol. The number of carbonyl (C=O) groups excluding carboxylic acids is 1. The molecule has 0 spiro atoms. The number of hydrogen-bond acceptors (Lipinski definition) is 6. The number of carbonyl (C=O) groups is 1. The van der Waals surface area contributed by atoms with Crippen molar-refractivity contribution in [3.8, 4) is 0 Å². The molecule has 3 aromatic rings. The molecular formula is C17H13N3O6S. The van der Waals surface area contributed by atoms with E-state index < -0.39 is 26.7 Å². The van der Waals surface area contributed by atoms with Gasteiger partial charge in [-0.05, 0) is 42.5 Å². The van der Waals surface area contributed by atoms with Crippen LogP contribution in [0.5, 0.6) is 0 Å². The predicted molar refractivity (Wildman–Crippen MR) is 97.0 cm³/mol. The van der Waals surface area contributed by atoms with Crippen LogP contribution in [-0.2, 0) is 10.0 Å². The Labute approximate surface area is 153 Å². The molecule has 3 rings (SSSR count). The van der Waals surface area contributed by atoms with Crippen LogP contribution in [0.2, 0.25) is 0 Å². The first-order valence-electron chi connectivity index (χ1n) is 7.59. The summed E-state index contributed by atoms with van der Waals surface area (Å²) in [5.74, 6) is -1.41.